The van der Waals surface area contributed by atoms with Gasteiger partial charge >= 0.3 is 0 Å². The van der Waals surface area contributed by atoms with Gasteiger partial charge in [-0.15, -0.1) is 0 Å². The summed E-state index contributed by atoms with van der Waals surface area (Å²) in [5.41, 5.74) is 3.36. The average molecular weight is 453 g/mol. The van der Waals surface area contributed by atoms with Crippen molar-refractivity contribution in [1.29, 1.82) is 0 Å². The second-order valence-electron chi connectivity index (χ2n) is 6.55. The van der Waals surface area contributed by atoms with Gasteiger partial charge in [0.15, 0.2) is 0 Å². The first-order valence-electron chi connectivity index (χ1n) is 9.06. The molecular formula is C24H19BrClNO. The maximum Gasteiger partial charge on any atom is 0.119 e. The fraction of sp³-hybridized carbons (Fsp3) is 0.0833. The van der Waals surface area contributed by atoms with Gasteiger partial charge in [-0.1, -0.05) is 66.2 Å². The van der Waals surface area contributed by atoms with E-state index in [4.69, 9.17) is 16.3 Å². The normalized spacial score (nSPS) is 10.8. The maximum absolute atomic E-state index is 6.13. The summed E-state index contributed by atoms with van der Waals surface area (Å²) in [6.07, 6.45) is 0. The van der Waals surface area contributed by atoms with Gasteiger partial charge in [0.2, 0.25) is 0 Å². The van der Waals surface area contributed by atoms with Crippen LogP contribution in [0.15, 0.2) is 89.4 Å². The number of ether oxygens (including phenoxy) is 1. The Bertz CT molecular complexity index is 1090. The molecule has 4 rings (SSSR count). The molecule has 2 nitrogen and oxygen atoms in total. The van der Waals surface area contributed by atoms with Gasteiger partial charge in [-0.25, -0.2) is 0 Å². The number of hydrogen-bond acceptors (Lipinski definition) is 2. The Morgan fingerprint density at radius 2 is 1.64 bits per heavy atom. The summed E-state index contributed by atoms with van der Waals surface area (Å²) < 4.78 is 6.90. The van der Waals surface area contributed by atoms with E-state index in [1.54, 1.807) is 0 Å². The van der Waals surface area contributed by atoms with Crippen LogP contribution in [0.3, 0.4) is 0 Å². The Labute approximate surface area is 178 Å². The van der Waals surface area contributed by atoms with Gasteiger partial charge < -0.3 is 10.1 Å². The van der Waals surface area contributed by atoms with E-state index >= 15 is 0 Å². The summed E-state index contributed by atoms with van der Waals surface area (Å²) in [4.78, 5) is 0. The van der Waals surface area contributed by atoms with E-state index in [2.05, 4.69) is 75.8 Å². The molecule has 0 saturated carbocycles. The van der Waals surface area contributed by atoms with Gasteiger partial charge in [0.1, 0.15) is 12.4 Å². The van der Waals surface area contributed by atoms with E-state index in [0.717, 1.165) is 22.5 Å². The molecule has 0 saturated heterocycles. The van der Waals surface area contributed by atoms with Crippen LogP contribution in [-0.2, 0) is 13.2 Å². The summed E-state index contributed by atoms with van der Waals surface area (Å²) in [6, 6.07) is 28.7. The van der Waals surface area contributed by atoms with Gasteiger partial charge in [-0.05, 0) is 68.2 Å². The second-order valence-corrected chi connectivity index (χ2v) is 7.81. The van der Waals surface area contributed by atoms with E-state index in [0.29, 0.717) is 11.6 Å². The fourth-order valence-electron chi connectivity index (χ4n) is 3.09. The lowest BCUT2D eigenvalue weighted by atomic mass is 10.1. The second kappa shape index (κ2) is 8.68. The molecule has 0 aromatic heterocycles. The van der Waals surface area contributed by atoms with Crippen LogP contribution >= 0.6 is 27.5 Å². The summed E-state index contributed by atoms with van der Waals surface area (Å²) in [5, 5.41) is 6.55. The molecule has 4 aromatic rings. The van der Waals surface area contributed by atoms with Crippen molar-refractivity contribution in [1.82, 2.24) is 0 Å². The number of nitrogens with one attached hydrogen (secondary N) is 1. The third kappa shape index (κ3) is 4.49. The molecule has 0 spiro atoms. The number of benzene rings is 4. The van der Waals surface area contributed by atoms with Gasteiger partial charge in [0.25, 0.3) is 0 Å². The maximum atomic E-state index is 6.13. The average Bonchev–Trinajstić information content (AvgIpc) is 2.74. The SMILES string of the molecule is Clc1cc(NCc2ccc(OCc3cccc4ccccc34)cc2)ccc1Br. The summed E-state index contributed by atoms with van der Waals surface area (Å²) >= 11 is 9.54. The molecule has 0 heterocycles. The fourth-order valence-corrected chi connectivity index (χ4v) is 3.52. The lowest BCUT2D eigenvalue weighted by Gasteiger charge is -2.11. The molecule has 140 valence electrons. The first-order valence-corrected chi connectivity index (χ1v) is 10.2. The molecule has 4 aromatic carbocycles. The molecule has 28 heavy (non-hydrogen) atoms. The van der Waals surface area contributed by atoms with Crippen LogP contribution in [0.1, 0.15) is 11.1 Å². The van der Waals surface area contributed by atoms with E-state index in [9.17, 15) is 0 Å². The van der Waals surface area contributed by atoms with E-state index < -0.39 is 0 Å². The van der Waals surface area contributed by atoms with Crippen LogP contribution in [0.2, 0.25) is 5.02 Å². The van der Waals surface area contributed by atoms with Crippen molar-refractivity contribution in [3.8, 4) is 5.75 Å². The van der Waals surface area contributed by atoms with Crippen LogP contribution in [0, 0.1) is 0 Å². The third-order valence-corrected chi connectivity index (χ3v) is 5.85. The molecule has 0 atom stereocenters. The van der Waals surface area contributed by atoms with Crippen molar-refractivity contribution < 1.29 is 4.74 Å². The molecule has 0 unspecified atom stereocenters. The van der Waals surface area contributed by atoms with Crippen molar-refractivity contribution in [2.75, 3.05) is 5.32 Å². The Balaban J connectivity index is 1.37. The number of anilines is 1. The largest absolute Gasteiger partial charge is 0.489 e. The topological polar surface area (TPSA) is 21.3 Å². The monoisotopic (exact) mass is 451 g/mol. The van der Waals surface area contributed by atoms with Crippen LogP contribution < -0.4 is 10.1 Å². The molecule has 4 heteroatoms. The van der Waals surface area contributed by atoms with Gasteiger partial charge in [0, 0.05) is 16.7 Å². The van der Waals surface area contributed by atoms with Crippen molar-refractivity contribution in [3.63, 3.8) is 0 Å². The predicted molar refractivity (Wildman–Crippen MR) is 121 cm³/mol. The Kier molecular flexibility index (Phi) is 5.84. The van der Waals surface area contributed by atoms with E-state index in [1.165, 1.54) is 21.9 Å². The molecule has 1 N–H and O–H groups in total. The van der Waals surface area contributed by atoms with Crippen LogP contribution in [0.4, 0.5) is 5.69 Å². The third-order valence-electron chi connectivity index (χ3n) is 4.61. The van der Waals surface area contributed by atoms with Crippen molar-refractivity contribution >= 4 is 44.0 Å². The minimum Gasteiger partial charge on any atom is -0.489 e. The zero-order valence-electron chi connectivity index (χ0n) is 15.2. The minimum atomic E-state index is 0.552. The highest BCUT2D eigenvalue weighted by atomic mass is 79.9. The lowest BCUT2D eigenvalue weighted by molar-refractivity contribution is 0.307. The standard InChI is InChI=1S/C24H19BrClNO/c25-23-13-10-20(14-24(23)26)27-15-17-8-11-21(12-9-17)28-16-19-6-3-5-18-4-1-2-7-22(18)19/h1-14,27H,15-16H2. The first kappa shape index (κ1) is 18.9. The van der Waals surface area contributed by atoms with Crippen LogP contribution in [0.25, 0.3) is 10.8 Å². The van der Waals surface area contributed by atoms with Gasteiger partial charge in [-0.3, -0.25) is 0 Å². The summed E-state index contributed by atoms with van der Waals surface area (Å²) in [6.45, 7) is 1.28. The van der Waals surface area contributed by atoms with Gasteiger partial charge in [-0.2, -0.15) is 0 Å². The highest BCUT2D eigenvalue weighted by Crippen LogP contribution is 2.26. The number of fused-ring (bicyclic) bond motifs is 1. The zero-order valence-corrected chi connectivity index (χ0v) is 17.5. The Hall–Kier alpha value is -2.49. The summed E-state index contributed by atoms with van der Waals surface area (Å²) in [7, 11) is 0. The number of rotatable bonds is 6. The Morgan fingerprint density at radius 1 is 0.857 bits per heavy atom. The van der Waals surface area contributed by atoms with Crippen LogP contribution in [-0.4, -0.2) is 0 Å². The Morgan fingerprint density at radius 3 is 2.46 bits per heavy atom. The predicted octanol–water partition coefficient (Wildman–Crippen LogP) is 7.45. The van der Waals surface area contributed by atoms with Crippen molar-refractivity contribution in [2.24, 2.45) is 0 Å². The number of hydrogen-bond donors (Lipinski definition) is 1. The van der Waals surface area contributed by atoms with E-state index in [1.807, 2.05) is 30.3 Å². The van der Waals surface area contributed by atoms with E-state index in [-0.39, 0.29) is 0 Å². The molecule has 0 amide bonds. The molecule has 0 bridgehead atoms. The molecule has 0 aliphatic heterocycles. The molecule has 0 aliphatic rings. The number of halogens is 2. The van der Waals surface area contributed by atoms with Crippen molar-refractivity contribution in [3.05, 3.63) is 106 Å². The minimum absolute atomic E-state index is 0.552. The first-order chi connectivity index (χ1) is 13.7. The lowest BCUT2D eigenvalue weighted by Crippen LogP contribution is -2.00. The molecular weight excluding hydrogens is 434 g/mol. The molecule has 0 aliphatic carbocycles. The highest BCUT2D eigenvalue weighted by molar-refractivity contribution is 9.10. The quantitative estimate of drug-likeness (QED) is 0.328. The summed E-state index contributed by atoms with van der Waals surface area (Å²) in [5.74, 6) is 0.864. The van der Waals surface area contributed by atoms with Crippen LogP contribution in [0.5, 0.6) is 5.75 Å². The van der Waals surface area contributed by atoms with Crippen molar-refractivity contribution in [2.45, 2.75) is 13.2 Å². The molecule has 0 radical (unpaired) electrons. The smallest absolute Gasteiger partial charge is 0.119 e. The van der Waals surface area contributed by atoms with Gasteiger partial charge in [0.05, 0.1) is 5.02 Å². The highest BCUT2D eigenvalue weighted by Gasteiger charge is 2.03. The zero-order chi connectivity index (χ0) is 19.3. The molecule has 0 fully saturated rings.